The van der Waals surface area contributed by atoms with Gasteiger partial charge in [0.2, 0.25) is 0 Å². The second-order valence-corrected chi connectivity index (χ2v) is 6.73. The summed E-state index contributed by atoms with van der Waals surface area (Å²) in [5.74, 6) is 0.0492. The lowest BCUT2D eigenvalue weighted by Crippen LogP contribution is -2.39. The number of likely N-dealkylation sites (N-methyl/N-ethyl adjacent to an activating group) is 1. The Hall–Kier alpha value is -2.41. The van der Waals surface area contributed by atoms with Crippen molar-refractivity contribution in [2.24, 2.45) is 0 Å². The molecule has 0 spiro atoms. The van der Waals surface area contributed by atoms with E-state index in [0.717, 1.165) is 0 Å². The molecule has 1 amide bonds. The summed E-state index contributed by atoms with van der Waals surface area (Å²) < 4.78 is 11.0. The van der Waals surface area contributed by atoms with Gasteiger partial charge in [-0.25, -0.2) is 4.79 Å². The molecule has 2 N–H and O–H groups in total. The molecule has 0 saturated carbocycles. The van der Waals surface area contributed by atoms with Crippen LogP contribution in [0.2, 0.25) is 0 Å². The molecule has 28 heavy (non-hydrogen) atoms. The van der Waals surface area contributed by atoms with Crippen molar-refractivity contribution in [3.63, 3.8) is 0 Å². The molecular formula is C22H28N2O4. The SMILES string of the molecule is CNCCN(CCOCCO)C(=O)OCC1c2ccccc2-c2ccccc21. The lowest BCUT2D eigenvalue weighted by atomic mass is 9.98. The van der Waals surface area contributed by atoms with Gasteiger partial charge < -0.3 is 24.8 Å². The maximum absolute atomic E-state index is 12.7. The third-order valence-electron chi connectivity index (χ3n) is 4.97. The molecule has 0 radical (unpaired) electrons. The average Bonchev–Trinajstić information content (AvgIpc) is 3.05. The lowest BCUT2D eigenvalue weighted by molar-refractivity contribution is 0.0605. The molecule has 0 fully saturated rings. The Bertz CT molecular complexity index is 735. The van der Waals surface area contributed by atoms with Crippen LogP contribution in [0.5, 0.6) is 0 Å². The van der Waals surface area contributed by atoms with E-state index in [-0.39, 0.29) is 25.2 Å². The van der Waals surface area contributed by atoms with Crippen LogP contribution in [0.4, 0.5) is 4.79 Å². The van der Waals surface area contributed by atoms with Gasteiger partial charge in [-0.3, -0.25) is 0 Å². The first-order valence-electron chi connectivity index (χ1n) is 9.69. The van der Waals surface area contributed by atoms with Gasteiger partial charge in [0.05, 0.1) is 19.8 Å². The number of aliphatic hydroxyl groups is 1. The molecule has 0 bridgehead atoms. The minimum Gasteiger partial charge on any atom is -0.448 e. The van der Waals surface area contributed by atoms with E-state index in [2.05, 4.69) is 29.6 Å². The van der Waals surface area contributed by atoms with E-state index in [0.29, 0.717) is 32.8 Å². The first-order valence-corrected chi connectivity index (χ1v) is 9.69. The molecule has 150 valence electrons. The summed E-state index contributed by atoms with van der Waals surface area (Å²) >= 11 is 0. The molecule has 0 atom stereocenters. The van der Waals surface area contributed by atoms with Gasteiger partial charge in [0.25, 0.3) is 0 Å². The zero-order valence-electron chi connectivity index (χ0n) is 16.3. The third kappa shape index (κ3) is 4.70. The number of aliphatic hydroxyl groups excluding tert-OH is 1. The predicted molar refractivity (Wildman–Crippen MR) is 108 cm³/mol. The van der Waals surface area contributed by atoms with Gasteiger partial charge in [-0.05, 0) is 29.3 Å². The van der Waals surface area contributed by atoms with Gasteiger partial charge in [0, 0.05) is 25.6 Å². The molecule has 6 heteroatoms. The maximum Gasteiger partial charge on any atom is 0.409 e. The summed E-state index contributed by atoms with van der Waals surface area (Å²) in [5.41, 5.74) is 4.82. The molecule has 2 aromatic carbocycles. The number of nitrogens with one attached hydrogen (secondary N) is 1. The lowest BCUT2D eigenvalue weighted by Gasteiger charge is -2.23. The molecule has 0 unspecified atom stereocenters. The van der Waals surface area contributed by atoms with E-state index in [1.165, 1.54) is 22.3 Å². The molecule has 0 aliphatic heterocycles. The molecule has 3 rings (SSSR count). The number of ether oxygens (including phenoxy) is 2. The van der Waals surface area contributed by atoms with Crippen LogP contribution >= 0.6 is 0 Å². The highest BCUT2D eigenvalue weighted by Crippen LogP contribution is 2.44. The van der Waals surface area contributed by atoms with Crippen molar-refractivity contribution in [2.45, 2.75) is 5.92 Å². The van der Waals surface area contributed by atoms with Crippen molar-refractivity contribution in [1.82, 2.24) is 10.2 Å². The molecular weight excluding hydrogens is 356 g/mol. The smallest absolute Gasteiger partial charge is 0.409 e. The minimum absolute atomic E-state index is 0.0263. The largest absolute Gasteiger partial charge is 0.448 e. The molecule has 6 nitrogen and oxygen atoms in total. The van der Waals surface area contributed by atoms with Gasteiger partial charge in [-0.15, -0.1) is 0 Å². The molecule has 1 aliphatic rings. The molecule has 1 aliphatic carbocycles. The van der Waals surface area contributed by atoms with Crippen molar-refractivity contribution in [3.8, 4) is 11.1 Å². The first-order chi connectivity index (χ1) is 13.8. The second kappa shape index (κ2) is 10.2. The van der Waals surface area contributed by atoms with Crippen LogP contribution in [-0.2, 0) is 9.47 Å². The van der Waals surface area contributed by atoms with Crippen LogP contribution in [0.15, 0.2) is 48.5 Å². The number of fused-ring (bicyclic) bond motifs is 3. The summed E-state index contributed by atoms with van der Waals surface area (Å²) in [4.78, 5) is 14.3. The highest BCUT2D eigenvalue weighted by Gasteiger charge is 2.29. The van der Waals surface area contributed by atoms with Crippen molar-refractivity contribution < 1.29 is 19.4 Å². The van der Waals surface area contributed by atoms with E-state index in [4.69, 9.17) is 14.6 Å². The van der Waals surface area contributed by atoms with Gasteiger partial charge in [0.15, 0.2) is 0 Å². The number of hydrogen-bond donors (Lipinski definition) is 2. The highest BCUT2D eigenvalue weighted by molar-refractivity contribution is 5.79. The monoisotopic (exact) mass is 384 g/mol. The normalized spacial score (nSPS) is 12.5. The van der Waals surface area contributed by atoms with Gasteiger partial charge in [-0.1, -0.05) is 48.5 Å². The van der Waals surface area contributed by atoms with Crippen LogP contribution in [-0.4, -0.2) is 69.2 Å². The quantitative estimate of drug-likeness (QED) is 0.616. The van der Waals surface area contributed by atoms with E-state index < -0.39 is 0 Å². The number of rotatable bonds is 10. The van der Waals surface area contributed by atoms with E-state index in [1.54, 1.807) is 4.90 Å². The van der Waals surface area contributed by atoms with Crippen molar-refractivity contribution >= 4 is 6.09 Å². The fourth-order valence-corrected chi connectivity index (χ4v) is 3.57. The Labute approximate surface area is 166 Å². The maximum atomic E-state index is 12.7. The Morgan fingerprint density at radius 1 is 1.04 bits per heavy atom. The Kier molecular flexibility index (Phi) is 7.42. The number of carbonyl (C=O) groups is 1. The zero-order chi connectivity index (χ0) is 19.8. The summed E-state index contributed by atoms with van der Waals surface area (Å²) in [5, 5.41) is 11.9. The number of nitrogens with zero attached hydrogens (tertiary/aromatic N) is 1. The van der Waals surface area contributed by atoms with Crippen LogP contribution in [0.1, 0.15) is 17.0 Å². The van der Waals surface area contributed by atoms with Crippen molar-refractivity contribution in [3.05, 3.63) is 59.7 Å². The van der Waals surface area contributed by atoms with Crippen molar-refractivity contribution in [1.29, 1.82) is 0 Å². The van der Waals surface area contributed by atoms with E-state index >= 15 is 0 Å². The standard InChI is InChI=1S/C22H28N2O4/c1-23-10-11-24(12-14-27-15-13-25)22(26)28-16-21-19-8-4-2-6-17(19)18-7-3-5-9-20(18)21/h2-9,21,23,25H,10-16H2,1H3. The van der Waals surface area contributed by atoms with Crippen LogP contribution in [0.3, 0.4) is 0 Å². The number of benzene rings is 2. The van der Waals surface area contributed by atoms with Crippen LogP contribution < -0.4 is 5.32 Å². The summed E-state index contributed by atoms with van der Waals surface area (Å²) in [6.45, 7) is 2.55. The summed E-state index contributed by atoms with van der Waals surface area (Å²) in [7, 11) is 1.85. The Morgan fingerprint density at radius 2 is 1.68 bits per heavy atom. The fraction of sp³-hybridized carbons (Fsp3) is 0.409. The third-order valence-corrected chi connectivity index (χ3v) is 4.97. The fourth-order valence-electron chi connectivity index (χ4n) is 3.57. The second-order valence-electron chi connectivity index (χ2n) is 6.73. The highest BCUT2D eigenvalue weighted by atomic mass is 16.6. The molecule has 2 aromatic rings. The number of carbonyl (C=O) groups excluding carboxylic acids is 1. The zero-order valence-corrected chi connectivity index (χ0v) is 16.3. The van der Waals surface area contributed by atoms with Crippen molar-refractivity contribution in [2.75, 3.05) is 53.1 Å². The summed E-state index contributed by atoms with van der Waals surface area (Å²) in [6, 6.07) is 16.6. The molecule has 0 saturated heterocycles. The predicted octanol–water partition coefficient (Wildman–Crippen LogP) is 2.47. The van der Waals surface area contributed by atoms with E-state index in [9.17, 15) is 4.79 Å². The van der Waals surface area contributed by atoms with Crippen LogP contribution in [0.25, 0.3) is 11.1 Å². The number of amides is 1. The van der Waals surface area contributed by atoms with Gasteiger partial charge >= 0.3 is 6.09 Å². The minimum atomic E-state index is -0.343. The topological polar surface area (TPSA) is 71.0 Å². The van der Waals surface area contributed by atoms with E-state index in [1.807, 2.05) is 31.3 Å². The van der Waals surface area contributed by atoms with Crippen LogP contribution in [0, 0.1) is 0 Å². The average molecular weight is 384 g/mol. The first kappa shape index (κ1) is 20.3. The molecule has 0 aromatic heterocycles. The molecule has 0 heterocycles. The number of hydrogen-bond acceptors (Lipinski definition) is 5. The Balaban J connectivity index is 1.65. The van der Waals surface area contributed by atoms with Gasteiger partial charge in [-0.2, -0.15) is 0 Å². The van der Waals surface area contributed by atoms with Gasteiger partial charge in [0.1, 0.15) is 6.61 Å². The summed E-state index contributed by atoms with van der Waals surface area (Å²) in [6.07, 6.45) is -0.343. The Morgan fingerprint density at radius 3 is 2.29 bits per heavy atom.